The lowest BCUT2D eigenvalue weighted by molar-refractivity contribution is 0.256. The molecule has 0 spiro atoms. The number of nitrogens with zero attached hydrogens (tertiary/aromatic N) is 1. The molecule has 0 aliphatic heterocycles. The number of nitrogens with one attached hydrogen (secondary N) is 2. The van der Waals surface area contributed by atoms with Crippen LogP contribution in [0.2, 0.25) is 5.02 Å². The molecule has 20 heavy (non-hydrogen) atoms. The van der Waals surface area contributed by atoms with Crippen molar-refractivity contribution in [3.8, 4) is 0 Å². The molecule has 0 aliphatic rings. The zero-order chi connectivity index (χ0) is 15.0. The summed E-state index contributed by atoms with van der Waals surface area (Å²) in [5.41, 5.74) is 7.09. The lowest BCUT2D eigenvalue weighted by Gasteiger charge is -2.11. The van der Waals surface area contributed by atoms with Crippen molar-refractivity contribution in [3.63, 3.8) is 0 Å². The molecule has 0 unspecified atom stereocenters. The van der Waals surface area contributed by atoms with E-state index in [0.717, 1.165) is 24.8 Å². The summed E-state index contributed by atoms with van der Waals surface area (Å²) in [5, 5.41) is 5.63. The minimum absolute atomic E-state index is 0.114. The third-order valence-electron chi connectivity index (χ3n) is 2.75. The summed E-state index contributed by atoms with van der Waals surface area (Å²) in [7, 11) is 0. The maximum atomic E-state index is 11.8. The van der Waals surface area contributed by atoms with Crippen LogP contribution in [0.25, 0.3) is 0 Å². The standard InChI is InChI=1S/C14H21ClN4O/c1-3-4-5-9-17-13(16)19-14(20)18-12-10(2)7-6-8-11(12)15/h6-8H,3-5,9H2,1-2H3,(H4,16,17,18,19,20). The molecule has 0 heterocycles. The van der Waals surface area contributed by atoms with Gasteiger partial charge in [0, 0.05) is 6.54 Å². The van der Waals surface area contributed by atoms with E-state index in [1.807, 2.05) is 19.1 Å². The maximum Gasteiger partial charge on any atom is 0.326 e. The molecule has 1 aromatic carbocycles. The van der Waals surface area contributed by atoms with Crippen molar-refractivity contribution < 1.29 is 4.79 Å². The zero-order valence-corrected chi connectivity index (χ0v) is 12.6. The van der Waals surface area contributed by atoms with Crippen LogP contribution in [0.15, 0.2) is 23.2 Å². The molecule has 0 saturated heterocycles. The largest absolute Gasteiger partial charge is 0.370 e. The number of para-hydroxylation sites is 1. The van der Waals surface area contributed by atoms with Crippen LogP contribution in [0.4, 0.5) is 10.5 Å². The van der Waals surface area contributed by atoms with E-state index < -0.39 is 6.03 Å². The number of hydrogen-bond donors (Lipinski definition) is 3. The van der Waals surface area contributed by atoms with Crippen molar-refractivity contribution in [3.05, 3.63) is 28.8 Å². The van der Waals surface area contributed by atoms with Crippen molar-refractivity contribution in [1.82, 2.24) is 5.32 Å². The van der Waals surface area contributed by atoms with E-state index in [-0.39, 0.29) is 5.96 Å². The van der Waals surface area contributed by atoms with Crippen molar-refractivity contribution in [1.29, 1.82) is 0 Å². The van der Waals surface area contributed by atoms with Crippen LogP contribution in [0.5, 0.6) is 0 Å². The highest BCUT2D eigenvalue weighted by atomic mass is 35.5. The minimum Gasteiger partial charge on any atom is -0.370 e. The van der Waals surface area contributed by atoms with E-state index in [1.54, 1.807) is 6.07 Å². The Bertz CT molecular complexity index is 468. The molecule has 1 aromatic rings. The second kappa shape index (κ2) is 8.43. The molecular formula is C14H21ClN4O. The SMILES string of the molecule is CCCCCN=C(N)NC(=O)Nc1c(C)cccc1Cl. The van der Waals surface area contributed by atoms with Gasteiger partial charge in [0.15, 0.2) is 5.96 Å². The summed E-state index contributed by atoms with van der Waals surface area (Å²) in [6.45, 7) is 4.60. The third kappa shape index (κ3) is 5.48. The number of halogens is 1. The fourth-order valence-corrected chi connectivity index (χ4v) is 1.92. The first-order chi connectivity index (χ1) is 9.54. The molecule has 5 nitrogen and oxygen atoms in total. The number of aryl methyl sites for hydroxylation is 1. The highest BCUT2D eigenvalue weighted by Crippen LogP contribution is 2.24. The number of rotatable bonds is 5. The summed E-state index contributed by atoms with van der Waals surface area (Å²) in [5.74, 6) is 0.114. The smallest absolute Gasteiger partial charge is 0.326 e. The quantitative estimate of drug-likeness (QED) is 0.443. The predicted octanol–water partition coefficient (Wildman–Crippen LogP) is 3.27. The molecule has 6 heteroatoms. The Morgan fingerprint density at radius 2 is 2.15 bits per heavy atom. The van der Waals surface area contributed by atoms with E-state index in [4.69, 9.17) is 17.3 Å². The van der Waals surface area contributed by atoms with E-state index >= 15 is 0 Å². The normalized spacial score (nSPS) is 11.2. The van der Waals surface area contributed by atoms with Gasteiger partial charge in [-0.2, -0.15) is 0 Å². The number of carbonyl (C=O) groups is 1. The third-order valence-corrected chi connectivity index (χ3v) is 3.06. The Kier molecular flexibility index (Phi) is 6.87. The van der Waals surface area contributed by atoms with Gasteiger partial charge in [-0.1, -0.05) is 43.5 Å². The predicted molar refractivity (Wildman–Crippen MR) is 84.4 cm³/mol. The Labute approximate surface area is 124 Å². The van der Waals surface area contributed by atoms with Gasteiger partial charge in [-0.05, 0) is 25.0 Å². The Morgan fingerprint density at radius 3 is 2.80 bits per heavy atom. The maximum absolute atomic E-state index is 11.8. The summed E-state index contributed by atoms with van der Waals surface area (Å²) in [6.07, 6.45) is 3.18. The number of unbranched alkanes of at least 4 members (excludes halogenated alkanes) is 2. The zero-order valence-electron chi connectivity index (χ0n) is 11.9. The molecule has 0 radical (unpaired) electrons. The number of urea groups is 1. The number of hydrogen-bond acceptors (Lipinski definition) is 2. The van der Waals surface area contributed by atoms with Gasteiger partial charge in [0.1, 0.15) is 0 Å². The number of amides is 2. The van der Waals surface area contributed by atoms with E-state index in [0.29, 0.717) is 17.3 Å². The van der Waals surface area contributed by atoms with Crippen molar-refractivity contribution >= 4 is 29.3 Å². The average Bonchev–Trinajstić information content (AvgIpc) is 2.39. The molecule has 0 fully saturated rings. The number of carbonyl (C=O) groups excluding carboxylic acids is 1. The molecule has 0 bridgehead atoms. The minimum atomic E-state index is -0.446. The Morgan fingerprint density at radius 1 is 1.40 bits per heavy atom. The van der Waals surface area contributed by atoms with Gasteiger partial charge < -0.3 is 11.1 Å². The summed E-state index contributed by atoms with van der Waals surface area (Å²) in [4.78, 5) is 15.9. The number of benzene rings is 1. The van der Waals surface area contributed by atoms with Crippen molar-refractivity contribution in [2.24, 2.45) is 10.7 Å². The van der Waals surface area contributed by atoms with Crippen LogP contribution in [0.1, 0.15) is 31.7 Å². The average molecular weight is 297 g/mol. The van der Waals surface area contributed by atoms with E-state index in [9.17, 15) is 4.79 Å². The van der Waals surface area contributed by atoms with Crippen LogP contribution in [-0.4, -0.2) is 18.5 Å². The topological polar surface area (TPSA) is 79.5 Å². The molecule has 4 N–H and O–H groups in total. The number of anilines is 1. The molecule has 110 valence electrons. The van der Waals surface area contributed by atoms with Crippen LogP contribution in [-0.2, 0) is 0 Å². The number of aliphatic imine (C=N–C) groups is 1. The monoisotopic (exact) mass is 296 g/mol. The summed E-state index contributed by atoms with van der Waals surface area (Å²) >= 11 is 6.02. The summed E-state index contributed by atoms with van der Waals surface area (Å²) in [6, 6.07) is 4.96. The fraction of sp³-hybridized carbons (Fsp3) is 0.429. The fourth-order valence-electron chi connectivity index (χ4n) is 1.65. The van der Waals surface area contributed by atoms with Crippen LogP contribution in [0, 0.1) is 6.92 Å². The first-order valence-electron chi connectivity index (χ1n) is 6.67. The van der Waals surface area contributed by atoms with Gasteiger partial charge in [-0.25, -0.2) is 4.79 Å². The molecule has 0 aliphatic carbocycles. The van der Waals surface area contributed by atoms with E-state index in [1.165, 1.54) is 0 Å². The first kappa shape index (κ1) is 16.3. The van der Waals surface area contributed by atoms with Gasteiger partial charge in [0.2, 0.25) is 0 Å². The highest BCUT2D eigenvalue weighted by Gasteiger charge is 2.08. The molecule has 0 saturated carbocycles. The lowest BCUT2D eigenvalue weighted by Crippen LogP contribution is -2.39. The van der Waals surface area contributed by atoms with Gasteiger partial charge in [0.25, 0.3) is 0 Å². The van der Waals surface area contributed by atoms with Crippen molar-refractivity contribution in [2.45, 2.75) is 33.1 Å². The van der Waals surface area contributed by atoms with Gasteiger partial charge in [-0.15, -0.1) is 0 Å². The first-order valence-corrected chi connectivity index (χ1v) is 7.05. The molecule has 0 atom stereocenters. The molecule has 0 aromatic heterocycles. The molecule has 1 rings (SSSR count). The Hall–Kier alpha value is -1.75. The molecular weight excluding hydrogens is 276 g/mol. The highest BCUT2D eigenvalue weighted by molar-refractivity contribution is 6.34. The van der Waals surface area contributed by atoms with Gasteiger partial charge >= 0.3 is 6.03 Å². The summed E-state index contributed by atoms with van der Waals surface area (Å²) < 4.78 is 0. The number of guanidine groups is 1. The van der Waals surface area contributed by atoms with Crippen LogP contribution in [0.3, 0.4) is 0 Å². The molecule has 2 amide bonds. The van der Waals surface area contributed by atoms with Gasteiger partial charge in [0.05, 0.1) is 10.7 Å². The lowest BCUT2D eigenvalue weighted by atomic mass is 10.2. The van der Waals surface area contributed by atoms with Gasteiger partial charge in [-0.3, -0.25) is 10.3 Å². The Balaban J connectivity index is 2.51. The second-order valence-corrected chi connectivity index (χ2v) is 4.89. The van der Waals surface area contributed by atoms with E-state index in [2.05, 4.69) is 22.5 Å². The van der Waals surface area contributed by atoms with Crippen LogP contribution >= 0.6 is 11.6 Å². The second-order valence-electron chi connectivity index (χ2n) is 4.48. The number of nitrogens with two attached hydrogens (primary N) is 1. The van der Waals surface area contributed by atoms with Crippen LogP contribution < -0.4 is 16.4 Å². The van der Waals surface area contributed by atoms with Crippen molar-refractivity contribution in [2.75, 3.05) is 11.9 Å².